The zero-order chi connectivity index (χ0) is 14.0. The van der Waals surface area contributed by atoms with Gasteiger partial charge in [-0.25, -0.2) is 0 Å². The molecule has 2 aromatic rings. The average Bonchev–Trinajstić information content (AvgIpc) is 2.96. The molecule has 2 rings (SSSR count). The molecule has 19 heavy (non-hydrogen) atoms. The smallest absolute Gasteiger partial charge is 0.292 e. The van der Waals surface area contributed by atoms with E-state index in [1.54, 1.807) is 36.9 Å². The van der Waals surface area contributed by atoms with Gasteiger partial charge in [-0.1, -0.05) is 6.07 Å². The van der Waals surface area contributed by atoms with Crippen molar-refractivity contribution < 1.29 is 9.59 Å². The number of thiophene rings is 1. The Bertz CT molecular complexity index is 614. The number of hydrogen-bond acceptors (Lipinski definition) is 4. The summed E-state index contributed by atoms with van der Waals surface area (Å²) in [5.41, 5.74) is 1.68. The van der Waals surface area contributed by atoms with E-state index in [0.717, 1.165) is 4.88 Å². The standard InChI is InChI=1S/C13H15N3O2S/c1-8-11(9(2)16(3)15-8)12(17)13(18)14-7-10-5-4-6-19-10/h4-6H,7H2,1-3H3,(H,14,18). The molecular formula is C13H15N3O2S. The molecule has 0 aliphatic carbocycles. The fourth-order valence-corrected chi connectivity index (χ4v) is 2.52. The second kappa shape index (κ2) is 5.36. The van der Waals surface area contributed by atoms with Crippen LogP contribution in [0.5, 0.6) is 0 Å². The van der Waals surface area contributed by atoms with Gasteiger partial charge in [-0.15, -0.1) is 11.3 Å². The van der Waals surface area contributed by atoms with E-state index in [-0.39, 0.29) is 0 Å². The molecule has 1 N–H and O–H groups in total. The van der Waals surface area contributed by atoms with Crippen molar-refractivity contribution in [3.8, 4) is 0 Å². The van der Waals surface area contributed by atoms with Crippen molar-refractivity contribution in [1.29, 1.82) is 0 Å². The van der Waals surface area contributed by atoms with Crippen molar-refractivity contribution in [2.45, 2.75) is 20.4 Å². The van der Waals surface area contributed by atoms with Crippen LogP contribution in [0, 0.1) is 13.8 Å². The number of aryl methyl sites for hydroxylation is 2. The number of ketones is 1. The van der Waals surface area contributed by atoms with Gasteiger partial charge in [0.05, 0.1) is 17.8 Å². The van der Waals surface area contributed by atoms with Crippen LogP contribution in [0.3, 0.4) is 0 Å². The van der Waals surface area contributed by atoms with Crippen LogP contribution >= 0.6 is 11.3 Å². The third-order valence-electron chi connectivity index (χ3n) is 2.95. The summed E-state index contributed by atoms with van der Waals surface area (Å²) in [5.74, 6) is -1.12. The minimum atomic E-state index is -0.590. The zero-order valence-corrected chi connectivity index (χ0v) is 11.9. The van der Waals surface area contributed by atoms with Crippen molar-refractivity contribution in [3.05, 3.63) is 39.3 Å². The molecule has 2 aromatic heterocycles. The lowest BCUT2D eigenvalue weighted by Crippen LogP contribution is -2.31. The van der Waals surface area contributed by atoms with Crippen molar-refractivity contribution >= 4 is 23.0 Å². The maximum absolute atomic E-state index is 12.1. The molecule has 6 heteroatoms. The molecular weight excluding hydrogens is 262 g/mol. The molecule has 0 aliphatic heterocycles. The van der Waals surface area contributed by atoms with Crippen molar-refractivity contribution in [2.24, 2.45) is 7.05 Å². The number of aromatic nitrogens is 2. The summed E-state index contributed by atoms with van der Waals surface area (Å²) >= 11 is 1.54. The van der Waals surface area contributed by atoms with Crippen LogP contribution in [0.1, 0.15) is 26.6 Å². The van der Waals surface area contributed by atoms with Gasteiger partial charge in [-0.3, -0.25) is 14.3 Å². The maximum Gasteiger partial charge on any atom is 0.292 e. The van der Waals surface area contributed by atoms with E-state index in [4.69, 9.17) is 0 Å². The number of nitrogens with one attached hydrogen (secondary N) is 1. The highest BCUT2D eigenvalue weighted by molar-refractivity contribution is 7.09. The summed E-state index contributed by atoms with van der Waals surface area (Å²) in [4.78, 5) is 25.0. The monoisotopic (exact) mass is 277 g/mol. The number of carbonyl (C=O) groups excluding carboxylic acids is 2. The van der Waals surface area contributed by atoms with Gasteiger partial charge >= 0.3 is 0 Å². The Morgan fingerprint density at radius 2 is 2.16 bits per heavy atom. The van der Waals surface area contributed by atoms with Crippen LogP contribution in [0.25, 0.3) is 0 Å². The van der Waals surface area contributed by atoms with Crippen LogP contribution in [0.15, 0.2) is 17.5 Å². The average molecular weight is 277 g/mol. The summed E-state index contributed by atoms with van der Waals surface area (Å²) < 4.78 is 1.61. The summed E-state index contributed by atoms with van der Waals surface area (Å²) in [6.07, 6.45) is 0. The number of carbonyl (C=O) groups is 2. The third-order valence-corrected chi connectivity index (χ3v) is 3.82. The molecule has 0 radical (unpaired) electrons. The fraction of sp³-hybridized carbons (Fsp3) is 0.308. The van der Waals surface area contributed by atoms with E-state index in [1.807, 2.05) is 17.5 Å². The van der Waals surface area contributed by atoms with E-state index in [9.17, 15) is 9.59 Å². The van der Waals surface area contributed by atoms with Gasteiger partial charge in [0, 0.05) is 17.6 Å². The lowest BCUT2D eigenvalue weighted by molar-refractivity contribution is -0.117. The highest BCUT2D eigenvalue weighted by atomic mass is 32.1. The fourth-order valence-electron chi connectivity index (χ4n) is 1.88. The summed E-state index contributed by atoms with van der Waals surface area (Å²) in [7, 11) is 1.75. The first-order chi connectivity index (χ1) is 9.00. The van der Waals surface area contributed by atoms with Crippen molar-refractivity contribution in [1.82, 2.24) is 15.1 Å². The molecule has 0 unspecified atom stereocenters. The molecule has 5 nitrogen and oxygen atoms in total. The van der Waals surface area contributed by atoms with Crippen molar-refractivity contribution in [2.75, 3.05) is 0 Å². The first-order valence-corrected chi connectivity index (χ1v) is 6.73. The minimum absolute atomic E-state index is 0.376. The topological polar surface area (TPSA) is 64.0 Å². The summed E-state index contributed by atoms with van der Waals surface area (Å²) in [6.45, 7) is 3.88. The van der Waals surface area contributed by atoms with E-state index in [0.29, 0.717) is 23.5 Å². The predicted octanol–water partition coefficient (Wildman–Crippen LogP) is 1.60. The highest BCUT2D eigenvalue weighted by Gasteiger charge is 2.23. The lowest BCUT2D eigenvalue weighted by atomic mass is 10.1. The largest absolute Gasteiger partial charge is 0.344 e. The molecule has 0 aliphatic rings. The zero-order valence-electron chi connectivity index (χ0n) is 11.1. The second-order valence-corrected chi connectivity index (χ2v) is 5.29. The van der Waals surface area contributed by atoms with E-state index in [2.05, 4.69) is 10.4 Å². The minimum Gasteiger partial charge on any atom is -0.344 e. The molecule has 100 valence electrons. The molecule has 0 fully saturated rings. The van der Waals surface area contributed by atoms with Crippen LogP contribution in [0.4, 0.5) is 0 Å². The Kier molecular flexibility index (Phi) is 3.80. The molecule has 0 spiro atoms. The number of Topliss-reactive ketones (excluding diaryl/α,β-unsaturated/α-hetero) is 1. The number of hydrogen-bond donors (Lipinski definition) is 1. The number of amides is 1. The van der Waals surface area contributed by atoms with Crippen LogP contribution in [-0.4, -0.2) is 21.5 Å². The summed E-state index contributed by atoms with van der Waals surface area (Å²) in [5, 5.41) is 8.70. The Morgan fingerprint density at radius 3 is 2.68 bits per heavy atom. The molecule has 1 amide bonds. The Labute approximate surface area is 115 Å². The van der Waals surface area contributed by atoms with Gasteiger partial charge in [0.1, 0.15) is 0 Å². The van der Waals surface area contributed by atoms with Crippen LogP contribution < -0.4 is 5.32 Å². The van der Waals surface area contributed by atoms with E-state index >= 15 is 0 Å². The van der Waals surface area contributed by atoms with Crippen LogP contribution in [-0.2, 0) is 18.4 Å². The molecule has 2 heterocycles. The van der Waals surface area contributed by atoms with Gasteiger partial charge in [-0.05, 0) is 25.3 Å². The molecule has 0 bridgehead atoms. The highest BCUT2D eigenvalue weighted by Crippen LogP contribution is 2.13. The number of rotatable bonds is 4. The predicted molar refractivity (Wildman–Crippen MR) is 73.2 cm³/mol. The first-order valence-electron chi connectivity index (χ1n) is 5.85. The quantitative estimate of drug-likeness (QED) is 0.682. The number of nitrogens with zero attached hydrogens (tertiary/aromatic N) is 2. The van der Waals surface area contributed by atoms with Gasteiger partial charge < -0.3 is 5.32 Å². The van der Waals surface area contributed by atoms with E-state index in [1.165, 1.54) is 0 Å². The lowest BCUT2D eigenvalue weighted by Gasteiger charge is -2.03. The Balaban J connectivity index is 2.09. The van der Waals surface area contributed by atoms with E-state index < -0.39 is 11.7 Å². The second-order valence-electron chi connectivity index (χ2n) is 4.26. The molecule has 0 saturated carbocycles. The summed E-state index contributed by atoms with van der Waals surface area (Å²) in [6, 6.07) is 3.82. The third kappa shape index (κ3) is 2.73. The van der Waals surface area contributed by atoms with Gasteiger partial charge in [0.2, 0.25) is 0 Å². The van der Waals surface area contributed by atoms with Gasteiger partial charge in [0.15, 0.2) is 0 Å². The molecule has 0 saturated heterocycles. The molecule has 0 aromatic carbocycles. The van der Waals surface area contributed by atoms with Crippen LogP contribution in [0.2, 0.25) is 0 Å². The Morgan fingerprint density at radius 1 is 1.42 bits per heavy atom. The SMILES string of the molecule is Cc1nn(C)c(C)c1C(=O)C(=O)NCc1cccs1. The Hall–Kier alpha value is -1.95. The van der Waals surface area contributed by atoms with Crippen molar-refractivity contribution in [3.63, 3.8) is 0 Å². The normalized spacial score (nSPS) is 10.5. The van der Waals surface area contributed by atoms with Gasteiger partial charge in [-0.2, -0.15) is 5.10 Å². The van der Waals surface area contributed by atoms with Gasteiger partial charge in [0.25, 0.3) is 11.7 Å². The molecule has 0 atom stereocenters. The first kappa shape index (κ1) is 13.5. The maximum atomic E-state index is 12.1.